The van der Waals surface area contributed by atoms with Gasteiger partial charge in [0.2, 0.25) is 0 Å². The van der Waals surface area contributed by atoms with Crippen LogP contribution in [-0.2, 0) is 11.3 Å². The Labute approximate surface area is 176 Å². The van der Waals surface area contributed by atoms with E-state index in [1.54, 1.807) is 6.08 Å². The van der Waals surface area contributed by atoms with Crippen molar-refractivity contribution in [1.29, 1.82) is 0 Å². The highest BCUT2D eigenvalue weighted by Gasteiger charge is 2.33. The molecule has 0 aliphatic carbocycles. The van der Waals surface area contributed by atoms with Crippen LogP contribution in [0.4, 0.5) is 4.79 Å². The summed E-state index contributed by atoms with van der Waals surface area (Å²) in [6.45, 7) is 8.37. The maximum Gasteiger partial charge on any atom is 0.329 e. The first-order valence-corrected chi connectivity index (χ1v) is 9.99. The van der Waals surface area contributed by atoms with Crippen molar-refractivity contribution in [2.24, 2.45) is 0 Å². The molecule has 0 radical (unpaired) electrons. The standard InChI is InChI=1S/C25H25N3O2/c1-16-5-9-20(10-6-16)15-27-24(29)23(26-25(27)30)14-21-13-18(3)28(19(21)4)22-11-7-17(2)8-12-22/h5-14H,15H2,1-4H3,(H,26,30)/b23-14-. The van der Waals surface area contributed by atoms with Gasteiger partial charge in [0.15, 0.2) is 0 Å². The third-order valence-electron chi connectivity index (χ3n) is 5.49. The number of amides is 3. The van der Waals surface area contributed by atoms with Gasteiger partial charge in [0.1, 0.15) is 5.70 Å². The van der Waals surface area contributed by atoms with E-state index >= 15 is 0 Å². The van der Waals surface area contributed by atoms with E-state index in [0.717, 1.165) is 33.8 Å². The Bertz CT molecular complexity index is 1150. The highest BCUT2D eigenvalue weighted by atomic mass is 16.2. The van der Waals surface area contributed by atoms with E-state index in [9.17, 15) is 9.59 Å². The summed E-state index contributed by atoms with van der Waals surface area (Å²) in [6, 6.07) is 17.8. The fourth-order valence-electron chi connectivity index (χ4n) is 3.77. The van der Waals surface area contributed by atoms with Crippen molar-refractivity contribution in [1.82, 2.24) is 14.8 Å². The van der Waals surface area contributed by atoms with E-state index in [4.69, 9.17) is 0 Å². The molecule has 2 aromatic carbocycles. The summed E-state index contributed by atoms with van der Waals surface area (Å²) in [5.41, 5.74) is 7.63. The largest absolute Gasteiger partial charge is 0.329 e. The molecule has 1 N–H and O–H groups in total. The molecule has 1 aromatic heterocycles. The quantitative estimate of drug-likeness (QED) is 0.506. The summed E-state index contributed by atoms with van der Waals surface area (Å²) in [5, 5.41) is 2.73. The second-order valence-electron chi connectivity index (χ2n) is 7.86. The lowest BCUT2D eigenvalue weighted by Gasteiger charge is -2.11. The van der Waals surface area contributed by atoms with E-state index < -0.39 is 0 Å². The molecule has 5 heteroatoms. The minimum absolute atomic E-state index is 0.255. The number of imide groups is 1. The number of hydrogen-bond acceptors (Lipinski definition) is 2. The van der Waals surface area contributed by atoms with Crippen LogP contribution in [0.2, 0.25) is 0 Å². The normalized spacial score (nSPS) is 15.2. The Hall–Kier alpha value is -3.60. The van der Waals surface area contributed by atoms with E-state index in [1.807, 2.05) is 51.1 Å². The molecular formula is C25H25N3O2. The Balaban J connectivity index is 1.61. The van der Waals surface area contributed by atoms with Crippen LogP contribution < -0.4 is 5.32 Å². The zero-order valence-corrected chi connectivity index (χ0v) is 17.7. The van der Waals surface area contributed by atoms with Crippen molar-refractivity contribution in [3.8, 4) is 5.69 Å². The van der Waals surface area contributed by atoms with Gasteiger partial charge in [-0.05, 0) is 63.1 Å². The highest BCUT2D eigenvalue weighted by molar-refractivity contribution is 6.14. The maximum atomic E-state index is 12.9. The van der Waals surface area contributed by atoms with E-state index in [0.29, 0.717) is 5.70 Å². The second-order valence-corrected chi connectivity index (χ2v) is 7.86. The van der Waals surface area contributed by atoms with Gasteiger partial charge in [0, 0.05) is 17.1 Å². The molecule has 0 atom stereocenters. The molecule has 5 nitrogen and oxygen atoms in total. The first-order chi connectivity index (χ1) is 14.3. The predicted octanol–water partition coefficient (Wildman–Crippen LogP) is 4.80. The van der Waals surface area contributed by atoms with Gasteiger partial charge in [-0.3, -0.25) is 9.69 Å². The Kier molecular flexibility index (Phi) is 5.04. The van der Waals surface area contributed by atoms with Crippen LogP contribution >= 0.6 is 0 Å². The van der Waals surface area contributed by atoms with Crippen molar-refractivity contribution in [2.45, 2.75) is 34.2 Å². The molecule has 1 aliphatic heterocycles. The first kappa shape index (κ1) is 19.7. The molecule has 1 saturated heterocycles. The van der Waals surface area contributed by atoms with Crippen LogP contribution in [0.25, 0.3) is 11.8 Å². The number of benzene rings is 2. The molecule has 3 aromatic rings. The summed E-state index contributed by atoms with van der Waals surface area (Å²) in [6.07, 6.45) is 1.77. The van der Waals surface area contributed by atoms with Crippen molar-refractivity contribution in [3.05, 3.63) is 93.9 Å². The number of rotatable bonds is 4. The summed E-state index contributed by atoms with van der Waals surface area (Å²) in [7, 11) is 0. The summed E-state index contributed by atoms with van der Waals surface area (Å²) >= 11 is 0. The van der Waals surface area contributed by atoms with E-state index in [1.165, 1.54) is 10.5 Å². The smallest absolute Gasteiger partial charge is 0.318 e. The number of aryl methyl sites for hydroxylation is 3. The van der Waals surface area contributed by atoms with Crippen LogP contribution in [-0.4, -0.2) is 21.4 Å². The van der Waals surface area contributed by atoms with Gasteiger partial charge >= 0.3 is 6.03 Å². The first-order valence-electron chi connectivity index (χ1n) is 9.99. The van der Waals surface area contributed by atoms with Crippen molar-refractivity contribution in [2.75, 3.05) is 0 Å². The maximum absolute atomic E-state index is 12.9. The van der Waals surface area contributed by atoms with Crippen molar-refractivity contribution in [3.63, 3.8) is 0 Å². The number of nitrogens with zero attached hydrogens (tertiary/aromatic N) is 2. The molecule has 4 rings (SSSR count). The lowest BCUT2D eigenvalue weighted by atomic mass is 10.1. The molecule has 30 heavy (non-hydrogen) atoms. The van der Waals surface area contributed by atoms with E-state index in [2.05, 4.69) is 41.1 Å². The zero-order valence-electron chi connectivity index (χ0n) is 17.7. The molecule has 1 fully saturated rings. The second kappa shape index (κ2) is 7.67. The monoisotopic (exact) mass is 399 g/mol. The molecule has 0 bridgehead atoms. The SMILES string of the molecule is Cc1ccc(CN2C(=O)N/C(=C\c3cc(C)n(-c4ccc(C)cc4)c3C)C2=O)cc1. The topological polar surface area (TPSA) is 54.3 Å². The van der Waals surface area contributed by atoms with Crippen LogP contribution in [0.15, 0.2) is 60.3 Å². The minimum atomic E-state index is -0.390. The Morgan fingerprint density at radius 2 is 1.47 bits per heavy atom. The molecule has 3 amide bonds. The Morgan fingerprint density at radius 1 is 0.867 bits per heavy atom. The van der Waals surface area contributed by atoms with Crippen LogP contribution in [0, 0.1) is 27.7 Å². The van der Waals surface area contributed by atoms with E-state index in [-0.39, 0.29) is 18.5 Å². The number of carbonyl (C=O) groups is 2. The van der Waals surface area contributed by atoms with Gasteiger partial charge in [0.25, 0.3) is 5.91 Å². The van der Waals surface area contributed by atoms with Crippen LogP contribution in [0.1, 0.15) is 33.6 Å². The fourth-order valence-corrected chi connectivity index (χ4v) is 3.77. The predicted molar refractivity (Wildman–Crippen MR) is 118 cm³/mol. The third kappa shape index (κ3) is 3.66. The van der Waals surface area contributed by atoms with Gasteiger partial charge in [-0.25, -0.2) is 4.79 Å². The summed E-state index contributed by atoms with van der Waals surface area (Å²) in [4.78, 5) is 26.5. The lowest BCUT2D eigenvalue weighted by molar-refractivity contribution is -0.123. The third-order valence-corrected chi connectivity index (χ3v) is 5.49. The summed E-state index contributed by atoms with van der Waals surface area (Å²) in [5.74, 6) is -0.305. The molecule has 152 valence electrons. The van der Waals surface area contributed by atoms with Crippen molar-refractivity contribution >= 4 is 18.0 Å². The summed E-state index contributed by atoms with van der Waals surface area (Å²) < 4.78 is 2.15. The number of hydrogen-bond donors (Lipinski definition) is 1. The number of carbonyl (C=O) groups excluding carboxylic acids is 2. The molecule has 2 heterocycles. The van der Waals surface area contributed by atoms with Crippen molar-refractivity contribution < 1.29 is 9.59 Å². The molecule has 1 aliphatic rings. The molecule has 0 saturated carbocycles. The highest BCUT2D eigenvalue weighted by Crippen LogP contribution is 2.24. The number of nitrogens with one attached hydrogen (secondary N) is 1. The van der Waals surface area contributed by atoms with Crippen LogP contribution in [0.3, 0.4) is 0 Å². The van der Waals surface area contributed by atoms with Gasteiger partial charge < -0.3 is 9.88 Å². The van der Waals surface area contributed by atoms with Gasteiger partial charge in [-0.15, -0.1) is 0 Å². The van der Waals surface area contributed by atoms with Crippen LogP contribution in [0.5, 0.6) is 0 Å². The average Bonchev–Trinajstić information content (AvgIpc) is 3.14. The fraction of sp³-hybridized carbons (Fsp3) is 0.200. The van der Waals surface area contributed by atoms with Gasteiger partial charge in [0.05, 0.1) is 6.54 Å². The lowest BCUT2D eigenvalue weighted by Crippen LogP contribution is -2.30. The number of urea groups is 1. The Morgan fingerprint density at radius 3 is 2.10 bits per heavy atom. The molecule has 0 spiro atoms. The molecular weight excluding hydrogens is 374 g/mol. The minimum Gasteiger partial charge on any atom is -0.318 e. The average molecular weight is 399 g/mol. The van der Waals surface area contributed by atoms with Gasteiger partial charge in [-0.1, -0.05) is 47.5 Å². The molecule has 0 unspecified atom stereocenters. The number of aromatic nitrogens is 1. The zero-order chi connectivity index (χ0) is 21.4. The van der Waals surface area contributed by atoms with Gasteiger partial charge in [-0.2, -0.15) is 0 Å².